The maximum atomic E-state index is 5.89. The van der Waals surface area contributed by atoms with Gasteiger partial charge in [-0.3, -0.25) is 0 Å². The largest absolute Gasteiger partial charge is 0.242 e. The lowest BCUT2D eigenvalue weighted by Crippen LogP contribution is -1.91. The van der Waals surface area contributed by atoms with Crippen molar-refractivity contribution in [2.75, 3.05) is 0 Å². The second kappa shape index (κ2) is 4.06. The van der Waals surface area contributed by atoms with Crippen LogP contribution in [0.4, 0.5) is 0 Å². The van der Waals surface area contributed by atoms with E-state index < -0.39 is 0 Å². The molecule has 0 aromatic carbocycles. The fourth-order valence-electron chi connectivity index (χ4n) is 0.795. The van der Waals surface area contributed by atoms with Gasteiger partial charge in [0.2, 0.25) is 0 Å². The number of hydrogen-bond donors (Lipinski definition) is 0. The second-order valence-electron chi connectivity index (χ2n) is 2.80. The summed E-state index contributed by atoms with van der Waals surface area (Å²) in [6.07, 6.45) is 2.03. The van der Waals surface area contributed by atoms with E-state index in [1.165, 1.54) is 0 Å². The Balaban J connectivity index is 2.80. The molecular formula is C9H12ClNS. The molecule has 3 heteroatoms. The maximum absolute atomic E-state index is 5.89. The third-order valence-corrected chi connectivity index (χ3v) is 2.78. The number of halogens is 1. The van der Waals surface area contributed by atoms with E-state index in [-0.39, 0.29) is 5.38 Å². The molecule has 1 unspecified atom stereocenters. The lowest BCUT2D eigenvalue weighted by molar-refractivity contribution is 1.12. The molecule has 0 radical (unpaired) electrons. The van der Waals surface area contributed by atoms with Crippen molar-refractivity contribution < 1.29 is 0 Å². The van der Waals surface area contributed by atoms with E-state index in [9.17, 15) is 0 Å². The summed E-state index contributed by atoms with van der Waals surface area (Å²) in [7, 11) is 0. The van der Waals surface area contributed by atoms with Gasteiger partial charge in [0.25, 0.3) is 0 Å². The molecule has 0 saturated carbocycles. The van der Waals surface area contributed by atoms with Crippen molar-refractivity contribution in [2.24, 2.45) is 0 Å². The molecule has 1 nitrogen and oxygen atoms in total. The summed E-state index contributed by atoms with van der Waals surface area (Å²) in [6, 6.07) is 0. The number of thiazole rings is 1. The molecule has 66 valence electrons. The van der Waals surface area contributed by atoms with Crippen molar-refractivity contribution in [3.8, 4) is 0 Å². The summed E-state index contributed by atoms with van der Waals surface area (Å²) in [5.74, 6) is 0. The van der Waals surface area contributed by atoms with E-state index in [1.54, 1.807) is 11.3 Å². The van der Waals surface area contributed by atoms with Crippen molar-refractivity contribution in [1.29, 1.82) is 0 Å². The minimum Gasteiger partial charge on any atom is -0.242 e. The first-order valence-electron chi connectivity index (χ1n) is 3.84. The number of aromatic nitrogens is 1. The molecule has 0 aliphatic carbocycles. The van der Waals surface area contributed by atoms with Crippen LogP contribution < -0.4 is 0 Å². The molecule has 0 amide bonds. The summed E-state index contributed by atoms with van der Waals surface area (Å²) < 4.78 is 0. The van der Waals surface area contributed by atoms with Crippen LogP contribution in [-0.2, 0) is 0 Å². The molecule has 1 aromatic heterocycles. The Morgan fingerprint density at radius 2 is 2.42 bits per heavy atom. The van der Waals surface area contributed by atoms with E-state index in [1.807, 2.05) is 32.2 Å². The predicted octanol–water partition coefficient (Wildman–Crippen LogP) is 3.48. The third-order valence-electron chi connectivity index (χ3n) is 1.64. The van der Waals surface area contributed by atoms with Crippen molar-refractivity contribution in [1.82, 2.24) is 4.98 Å². The van der Waals surface area contributed by atoms with Crippen LogP contribution in [0.25, 0.3) is 6.08 Å². The third kappa shape index (κ3) is 2.61. The van der Waals surface area contributed by atoms with Crippen LogP contribution in [0.2, 0.25) is 0 Å². The van der Waals surface area contributed by atoms with Crippen molar-refractivity contribution in [3.05, 3.63) is 21.7 Å². The van der Waals surface area contributed by atoms with Crippen LogP contribution in [0.1, 0.15) is 24.5 Å². The molecule has 0 spiro atoms. The highest BCUT2D eigenvalue weighted by molar-refractivity contribution is 7.09. The summed E-state index contributed by atoms with van der Waals surface area (Å²) in [5, 5.41) is 3.22. The lowest BCUT2D eigenvalue weighted by Gasteiger charge is -2.00. The summed E-state index contributed by atoms with van der Waals surface area (Å²) in [6.45, 7) is 5.99. The van der Waals surface area contributed by atoms with Gasteiger partial charge in [-0.15, -0.1) is 22.9 Å². The Morgan fingerprint density at radius 3 is 2.83 bits per heavy atom. The number of rotatable bonds is 2. The first kappa shape index (κ1) is 9.75. The predicted molar refractivity (Wildman–Crippen MR) is 55.8 cm³/mol. The van der Waals surface area contributed by atoms with Crippen LogP contribution in [-0.4, -0.2) is 10.4 Å². The highest BCUT2D eigenvalue weighted by atomic mass is 35.5. The van der Waals surface area contributed by atoms with E-state index in [2.05, 4.69) is 4.98 Å². The highest BCUT2D eigenvalue weighted by Gasteiger charge is 2.00. The van der Waals surface area contributed by atoms with Crippen LogP contribution >= 0.6 is 22.9 Å². The SMILES string of the molecule is C/C(=C\c1csc(C)n1)C(C)Cl. The first-order chi connectivity index (χ1) is 5.59. The van der Waals surface area contributed by atoms with Gasteiger partial charge in [0.15, 0.2) is 0 Å². The van der Waals surface area contributed by atoms with Gasteiger partial charge in [-0.05, 0) is 26.8 Å². The smallest absolute Gasteiger partial charge is 0.0901 e. The van der Waals surface area contributed by atoms with Gasteiger partial charge < -0.3 is 0 Å². The minimum atomic E-state index is 0.0898. The van der Waals surface area contributed by atoms with E-state index in [0.29, 0.717) is 0 Å². The topological polar surface area (TPSA) is 12.9 Å². The highest BCUT2D eigenvalue weighted by Crippen LogP contribution is 2.15. The molecule has 1 rings (SSSR count). The molecule has 0 aliphatic heterocycles. The summed E-state index contributed by atoms with van der Waals surface area (Å²) in [4.78, 5) is 4.32. The Morgan fingerprint density at radius 1 is 1.75 bits per heavy atom. The normalized spacial score (nSPS) is 14.8. The van der Waals surface area contributed by atoms with Crippen LogP contribution in [0, 0.1) is 6.92 Å². The molecule has 1 atom stereocenters. The van der Waals surface area contributed by atoms with E-state index in [4.69, 9.17) is 11.6 Å². The quantitative estimate of drug-likeness (QED) is 0.668. The molecule has 0 N–H and O–H groups in total. The molecular weight excluding hydrogens is 190 g/mol. The maximum Gasteiger partial charge on any atom is 0.0901 e. The monoisotopic (exact) mass is 201 g/mol. The van der Waals surface area contributed by atoms with Crippen LogP contribution in [0.5, 0.6) is 0 Å². The van der Waals surface area contributed by atoms with E-state index in [0.717, 1.165) is 16.3 Å². The number of nitrogens with zero attached hydrogens (tertiary/aromatic N) is 1. The minimum absolute atomic E-state index is 0.0898. The Bertz CT molecular complexity index is 288. The molecule has 0 aliphatic rings. The van der Waals surface area contributed by atoms with E-state index >= 15 is 0 Å². The standard InChI is InChI=1S/C9H12ClNS/c1-6(7(2)10)4-9-5-12-8(3)11-9/h4-5,7H,1-3H3/b6-4+. The molecule has 0 fully saturated rings. The summed E-state index contributed by atoms with van der Waals surface area (Å²) in [5.41, 5.74) is 2.17. The van der Waals surface area contributed by atoms with Crippen molar-refractivity contribution >= 4 is 29.0 Å². The second-order valence-corrected chi connectivity index (χ2v) is 4.51. The molecule has 1 aromatic rings. The Hall–Kier alpha value is -0.340. The van der Waals surface area contributed by atoms with Gasteiger partial charge in [0, 0.05) is 5.38 Å². The lowest BCUT2D eigenvalue weighted by atomic mass is 10.2. The number of allylic oxidation sites excluding steroid dienone is 1. The molecule has 0 saturated heterocycles. The van der Waals surface area contributed by atoms with Crippen LogP contribution in [0.3, 0.4) is 0 Å². The van der Waals surface area contributed by atoms with Crippen molar-refractivity contribution in [2.45, 2.75) is 26.1 Å². The fraction of sp³-hybridized carbons (Fsp3) is 0.444. The van der Waals surface area contributed by atoms with Gasteiger partial charge in [0.1, 0.15) is 0 Å². The van der Waals surface area contributed by atoms with Gasteiger partial charge in [-0.1, -0.05) is 5.57 Å². The van der Waals surface area contributed by atoms with Gasteiger partial charge in [-0.25, -0.2) is 4.98 Å². The first-order valence-corrected chi connectivity index (χ1v) is 5.15. The number of aryl methyl sites for hydroxylation is 1. The molecule has 1 heterocycles. The van der Waals surface area contributed by atoms with Crippen molar-refractivity contribution in [3.63, 3.8) is 0 Å². The Labute approximate surface area is 82.1 Å². The fourth-order valence-corrected chi connectivity index (χ4v) is 1.43. The zero-order valence-corrected chi connectivity index (χ0v) is 9.04. The Kier molecular flexibility index (Phi) is 3.29. The molecule has 0 bridgehead atoms. The average molecular weight is 202 g/mol. The number of hydrogen-bond acceptors (Lipinski definition) is 2. The molecule has 12 heavy (non-hydrogen) atoms. The van der Waals surface area contributed by atoms with Gasteiger partial charge in [0.05, 0.1) is 16.1 Å². The number of alkyl halides is 1. The van der Waals surface area contributed by atoms with Crippen LogP contribution in [0.15, 0.2) is 11.0 Å². The summed E-state index contributed by atoms with van der Waals surface area (Å²) >= 11 is 7.55. The average Bonchev–Trinajstić information content (AvgIpc) is 2.35. The zero-order chi connectivity index (χ0) is 9.14. The van der Waals surface area contributed by atoms with Gasteiger partial charge >= 0.3 is 0 Å². The van der Waals surface area contributed by atoms with Gasteiger partial charge in [-0.2, -0.15) is 0 Å². The zero-order valence-electron chi connectivity index (χ0n) is 7.47.